The number of halogens is 2. The second-order valence-electron chi connectivity index (χ2n) is 5.27. The van der Waals surface area contributed by atoms with Crippen LogP contribution in [0.15, 0.2) is 46.9 Å². The predicted octanol–water partition coefficient (Wildman–Crippen LogP) is 3.79. The molecule has 1 aliphatic heterocycles. The minimum absolute atomic E-state index is 0.205. The van der Waals surface area contributed by atoms with Gasteiger partial charge in [-0.15, -0.1) is 0 Å². The molecule has 1 aromatic heterocycles. The van der Waals surface area contributed by atoms with Gasteiger partial charge in [-0.2, -0.15) is 0 Å². The van der Waals surface area contributed by atoms with Gasteiger partial charge >= 0.3 is 6.03 Å². The maximum absolute atomic E-state index is 13.3. The van der Waals surface area contributed by atoms with E-state index < -0.39 is 0 Å². The van der Waals surface area contributed by atoms with Crippen molar-refractivity contribution in [1.82, 2.24) is 14.9 Å². The summed E-state index contributed by atoms with van der Waals surface area (Å²) in [7, 11) is 0. The first-order valence-electron chi connectivity index (χ1n) is 6.85. The lowest BCUT2D eigenvalue weighted by atomic mass is 10.1. The number of rotatable bonds is 2. The van der Waals surface area contributed by atoms with E-state index in [0.29, 0.717) is 23.3 Å². The molecule has 2 heterocycles. The van der Waals surface area contributed by atoms with E-state index in [1.54, 1.807) is 6.07 Å². The van der Waals surface area contributed by atoms with Gasteiger partial charge in [-0.05, 0) is 36.2 Å². The largest absolute Gasteiger partial charge is 0.328 e. The van der Waals surface area contributed by atoms with Gasteiger partial charge in [-0.1, -0.05) is 28.1 Å². The van der Waals surface area contributed by atoms with Gasteiger partial charge in [0.05, 0.1) is 17.1 Å². The first kappa shape index (κ1) is 13.5. The highest BCUT2D eigenvalue weighted by atomic mass is 79.9. The van der Waals surface area contributed by atoms with Crippen molar-refractivity contribution < 1.29 is 9.18 Å². The van der Waals surface area contributed by atoms with Gasteiger partial charge < -0.3 is 5.32 Å². The summed E-state index contributed by atoms with van der Waals surface area (Å²) in [5.41, 5.74) is 2.23. The van der Waals surface area contributed by atoms with Crippen molar-refractivity contribution in [1.29, 1.82) is 0 Å². The molecule has 0 fully saturated rings. The normalized spacial score (nSPS) is 16.8. The summed E-state index contributed by atoms with van der Waals surface area (Å²) in [5, 5.41) is 2.93. The van der Waals surface area contributed by atoms with Crippen LogP contribution < -0.4 is 5.32 Å². The van der Waals surface area contributed by atoms with Gasteiger partial charge in [0.1, 0.15) is 11.6 Å². The highest BCUT2D eigenvalue weighted by Gasteiger charge is 2.32. The van der Waals surface area contributed by atoms with Crippen molar-refractivity contribution in [3.8, 4) is 0 Å². The van der Waals surface area contributed by atoms with E-state index in [9.17, 15) is 9.18 Å². The van der Waals surface area contributed by atoms with E-state index in [1.165, 1.54) is 16.7 Å². The number of nitrogens with zero attached hydrogens (tertiary/aromatic N) is 2. The number of nitrogens with one attached hydrogen (secondary N) is 1. The smallest absolute Gasteiger partial charge is 0.327 e. The molecule has 6 heteroatoms. The van der Waals surface area contributed by atoms with E-state index in [1.807, 2.05) is 24.3 Å². The Morgan fingerprint density at radius 3 is 2.77 bits per heavy atom. The summed E-state index contributed by atoms with van der Waals surface area (Å²) in [4.78, 5) is 16.6. The van der Waals surface area contributed by atoms with Gasteiger partial charge in [0, 0.05) is 10.5 Å². The van der Waals surface area contributed by atoms with Gasteiger partial charge in [-0.25, -0.2) is 18.7 Å². The number of carbonyl (C=O) groups is 1. The van der Waals surface area contributed by atoms with Crippen LogP contribution >= 0.6 is 15.9 Å². The molecule has 0 bridgehead atoms. The Kier molecular flexibility index (Phi) is 3.00. The van der Waals surface area contributed by atoms with Gasteiger partial charge in [0.15, 0.2) is 0 Å². The second-order valence-corrected chi connectivity index (χ2v) is 6.19. The maximum atomic E-state index is 13.3. The summed E-state index contributed by atoms with van der Waals surface area (Å²) in [6, 6.07) is 11.8. The van der Waals surface area contributed by atoms with Gasteiger partial charge in [0.25, 0.3) is 0 Å². The number of amides is 1. The molecule has 0 saturated heterocycles. The van der Waals surface area contributed by atoms with Crippen LogP contribution in [0.25, 0.3) is 11.0 Å². The van der Waals surface area contributed by atoms with Crippen LogP contribution in [0, 0.1) is 5.82 Å². The van der Waals surface area contributed by atoms with Crippen LogP contribution in [0.2, 0.25) is 0 Å². The predicted molar refractivity (Wildman–Crippen MR) is 84.2 cm³/mol. The van der Waals surface area contributed by atoms with E-state index in [0.717, 1.165) is 10.0 Å². The van der Waals surface area contributed by atoms with Crippen molar-refractivity contribution in [3.63, 3.8) is 0 Å². The Hall–Kier alpha value is -2.21. The summed E-state index contributed by atoms with van der Waals surface area (Å²) in [6.07, 6.45) is 0.644. The van der Waals surface area contributed by atoms with Crippen LogP contribution in [-0.4, -0.2) is 15.6 Å². The first-order chi connectivity index (χ1) is 10.6. The number of imidazole rings is 1. The zero-order valence-corrected chi connectivity index (χ0v) is 13.0. The summed E-state index contributed by atoms with van der Waals surface area (Å²) < 4.78 is 15.9. The van der Waals surface area contributed by atoms with E-state index >= 15 is 0 Å². The number of hydrogen-bond donors (Lipinski definition) is 1. The Morgan fingerprint density at radius 1 is 1.23 bits per heavy atom. The monoisotopic (exact) mass is 359 g/mol. The summed E-state index contributed by atoms with van der Waals surface area (Å²) in [6.45, 7) is 0. The number of carbonyl (C=O) groups excluding carboxylic acids is 1. The molecule has 3 aromatic rings. The highest BCUT2D eigenvalue weighted by Crippen LogP contribution is 2.28. The van der Waals surface area contributed by atoms with Crippen LogP contribution in [0.5, 0.6) is 0 Å². The molecule has 1 atom stereocenters. The molecule has 1 amide bonds. The van der Waals surface area contributed by atoms with Crippen molar-refractivity contribution in [2.24, 2.45) is 0 Å². The lowest BCUT2D eigenvalue weighted by Crippen LogP contribution is -2.22. The molecule has 0 spiro atoms. The molecule has 22 heavy (non-hydrogen) atoms. The lowest BCUT2D eigenvalue weighted by Gasteiger charge is -2.08. The van der Waals surface area contributed by atoms with E-state index in [2.05, 4.69) is 26.2 Å². The van der Waals surface area contributed by atoms with Crippen LogP contribution in [0.3, 0.4) is 0 Å². The SMILES string of the molecule is O=C1N[C@H](Cc2ccc(Br)cc2)c2nc3cc(F)ccc3n21. The third-order valence-corrected chi connectivity index (χ3v) is 4.34. The van der Waals surface area contributed by atoms with Crippen molar-refractivity contribution in [3.05, 3.63) is 64.1 Å². The zero-order chi connectivity index (χ0) is 15.3. The lowest BCUT2D eigenvalue weighted by molar-refractivity contribution is 0.245. The molecule has 2 aromatic carbocycles. The molecule has 1 N–H and O–H groups in total. The van der Waals surface area contributed by atoms with Crippen molar-refractivity contribution >= 4 is 33.0 Å². The zero-order valence-electron chi connectivity index (χ0n) is 11.4. The van der Waals surface area contributed by atoms with Crippen molar-refractivity contribution in [2.75, 3.05) is 0 Å². The van der Waals surface area contributed by atoms with E-state index in [4.69, 9.17) is 0 Å². The number of fused-ring (bicyclic) bond motifs is 3. The third kappa shape index (κ3) is 2.11. The van der Waals surface area contributed by atoms with Gasteiger partial charge in [0.2, 0.25) is 0 Å². The number of aromatic nitrogens is 2. The molecule has 110 valence electrons. The van der Waals surface area contributed by atoms with Crippen LogP contribution in [0.4, 0.5) is 9.18 Å². The fourth-order valence-corrected chi connectivity index (χ4v) is 3.06. The fourth-order valence-electron chi connectivity index (χ4n) is 2.80. The standard InChI is InChI=1S/C16H11BrFN3O/c17-10-3-1-9(2-4-10)7-13-15-19-12-8-11(18)5-6-14(12)21(15)16(22)20-13/h1-6,8,13H,7H2,(H,20,22)/t13-/m1/s1. The molecule has 1 aliphatic rings. The summed E-state index contributed by atoms with van der Waals surface area (Å²) >= 11 is 3.40. The minimum atomic E-state index is -0.353. The molecule has 4 rings (SSSR count). The van der Waals surface area contributed by atoms with Crippen LogP contribution in [0.1, 0.15) is 17.4 Å². The molecule has 4 nitrogen and oxygen atoms in total. The number of benzene rings is 2. The van der Waals surface area contributed by atoms with Gasteiger partial charge in [-0.3, -0.25) is 0 Å². The fraction of sp³-hybridized carbons (Fsp3) is 0.125. The quantitative estimate of drug-likeness (QED) is 0.756. The molecule has 0 saturated carbocycles. The first-order valence-corrected chi connectivity index (χ1v) is 7.64. The number of hydrogen-bond acceptors (Lipinski definition) is 2. The Balaban J connectivity index is 1.75. The molecule has 0 aliphatic carbocycles. The highest BCUT2D eigenvalue weighted by molar-refractivity contribution is 9.10. The Labute approximate surface area is 134 Å². The molecule has 0 radical (unpaired) electrons. The van der Waals surface area contributed by atoms with Crippen LogP contribution in [-0.2, 0) is 6.42 Å². The maximum Gasteiger partial charge on any atom is 0.328 e. The van der Waals surface area contributed by atoms with Crippen molar-refractivity contribution in [2.45, 2.75) is 12.5 Å². The summed E-state index contributed by atoms with van der Waals surface area (Å²) in [5.74, 6) is 0.280. The topological polar surface area (TPSA) is 46.9 Å². The molecular formula is C16H11BrFN3O. The Bertz CT molecular complexity index is 888. The Morgan fingerprint density at radius 2 is 2.00 bits per heavy atom. The average Bonchev–Trinajstić information content (AvgIpc) is 3.00. The minimum Gasteiger partial charge on any atom is -0.327 e. The average molecular weight is 360 g/mol. The second kappa shape index (κ2) is 4.91. The third-order valence-electron chi connectivity index (χ3n) is 3.81. The van der Waals surface area contributed by atoms with E-state index in [-0.39, 0.29) is 17.9 Å². The molecular weight excluding hydrogens is 349 g/mol. The molecule has 0 unspecified atom stereocenters.